The lowest BCUT2D eigenvalue weighted by molar-refractivity contribution is 0.0684. The Hall–Kier alpha value is -2.48. The molecular weight excluding hydrogens is 351 g/mol. The van der Waals surface area contributed by atoms with Crippen molar-refractivity contribution in [1.82, 2.24) is 5.32 Å². The van der Waals surface area contributed by atoms with Crippen molar-refractivity contribution in [3.8, 4) is 11.5 Å². The van der Waals surface area contributed by atoms with Gasteiger partial charge in [-0.3, -0.25) is 4.79 Å². The number of carbonyl (C=O) groups is 1. The van der Waals surface area contributed by atoms with E-state index >= 15 is 0 Å². The molecular formula is C20H23FN2O4. The summed E-state index contributed by atoms with van der Waals surface area (Å²) in [6.07, 6.45) is 0.539. The van der Waals surface area contributed by atoms with Crippen LogP contribution in [0.15, 0.2) is 42.5 Å². The summed E-state index contributed by atoms with van der Waals surface area (Å²) in [6.45, 7) is 1.30. The molecule has 1 heterocycles. The first-order valence-electron chi connectivity index (χ1n) is 8.78. The third kappa shape index (κ3) is 4.82. The Balaban J connectivity index is 1.70. The van der Waals surface area contributed by atoms with Crippen molar-refractivity contribution in [1.29, 1.82) is 0 Å². The van der Waals surface area contributed by atoms with Gasteiger partial charge in [-0.25, -0.2) is 4.39 Å². The quantitative estimate of drug-likeness (QED) is 0.777. The van der Waals surface area contributed by atoms with E-state index in [1.54, 1.807) is 7.11 Å². The van der Waals surface area contributed by atoms with Gasteiger partial charge in [0.05, 0.1) is 24.8 Å². The molecule has 7 heteroatoms. The molecule has 2 atom stereocenters. The number of ether oxygens (including phenoxy) is 3. The minimum absolute atomic E-state index is 0.0889. The number of nitrogens with one attached hydrogen (secondary N) is 1. The van der Waals surface area contributed by atoms with Crippen molar-refractivity contribution < 1.29 is 23.4 Å². The first-order valence-corrected chi connectivity index (χ1v) is 8.78. The Labute approximate surface area is 157 Å². The lowest BCUT2D eigenvalue weighted by Gasteiger charge is -2.18. The van der Waals surface area contributed by atoms with Gasteiger partial charge in [0.15, 0.2) is 0 Å². The molecule has 0 unspecified atom stereocenters. The third-order valence-electron chi connectivity index (χ3n) is 4.42. The summed E-state index contributed by atoms with van der Waals surface area (Å²) < 4.78 is 30.4. The van der Waals surface area contributed by atoms with Crippen LogP contribution in [0.4, 0.5) is 4.39 Å². The van der Waals surface area contributed by atoms with E-state index < -0.39 is 11.7 Å². The van der Waals surface area contributed by atoms with Gasteiger partial charge in [-0.15, -0.1) is 0 Å². The molecule has 144 valence electrons. The van der Waals surface area contributed by atoms with Gasteiger partial charge >= 0.3 is 0 Å². The zero-order chi connectivity index (χ0) is 19.2. The van der Waals surface area contributed by atoms with Gasteiger partial charge in [0.1, 0.15) is 23.4 Å². The second-order valence-electron chi connectivity index (χ2n) is 6.32. The maximum Gasteiger partial charge on any atom is 0.254 e. The molecule has 27 heavy (non-hydrogen) atoms. The minimum atomic E-state index is -0.619. The van der Waals surface area contributed by atoms with E-state index in [1.807, 2.05) is 24.3 Å². The van der Waals surface area contributed by atoms with Crippen molar-refractivity contribution >= 4 is 5.91 Å². The molecule has 1 saturated heterocycles. The van der Waals surface area contributed by atoms with Crippen LogP contribution < -0.4 is 15.8 Å². The smallest absolute Gasteiger partial charge is 0.254 e. The van der Waals surface area contributed by atoms with Crippen LogP contribution in [-0.2, 0) is 15.9 Å². The molecule has 1 aliphatic heterocycles. The fraction of sp³-hybridized carbons (Fsp3) is 0.350. The molecule has 3 rings (SSSR count). The largest absolute Gasteiger partial charge is 0.457 e. The van der Waals surface area contributed by atoms with E-state index in [0.717, 1.165) is 12.0 Å². The summed E-state index contributed by atoms with van der Waals surface area (Å²) >= 11 is 0. The molecule has 1 fully saturated rings. The predicted molar refractivity (Wildman–Crippen MR) is 98.5 cm³/mol. The van der Waals surface area contributed by atoms with E-state index in [2.05, 4.69) is 5.32 Å². The Morgan fingerprint density at radius 3 is 2.67 bits per heavy atom. The summed E-state index contributed by atoms with van der Waals surface area (Å²) in [5.74, 6) is -0.184. The van der Waals surface area contributed by atoms with E-state index in [1.165, 1.54) is 18.2 Å². The zero-order valence-electron chi connectivity index (χ0n) is 15.1. The molecule has 3 N–H and O–H groups in total. The number of carbonyl (C=O) groups excluding carboxylic acids is 1. The summed E-state index contributed by atoms with van der Waals surface area (Å²) in [7, 11) is 1.55. The average Bonchev–Trinajstić information content (AvgIpc) is 3.12. The fourth-order valence-corrected chi connectivity index (χ4v) is 2.92. The van der Waals surface area contributed by atoms with Crippen LogP contribution in [-0.4, -0.2) is 44.9 Å². The van der Waals surface area contributed by atoms with Crippen LogP contribution in [0.1, 0.15) is 15.9 Å². The highest BCUT2D eigenvalue weighted by molar-refractivity contribution is 5.95. The first kappa shape index (κ1) is 19.3. The van der Waals surface area contributed by atoms with Crippen molar-refractivity contribution in [3.63, 3.8) is 0 Å². The van der Waals surface area contributed by atoms with Crippen molar-refractivity contribution in [2.75, 3.05) is 26.9 Å². The van der Waals surface area contributed by atoms with E-state index in [9.17, 15) is 9.18 Å². The van der Waals surface area contributed by atoms with Gasteiger partial charge in [-0.1, -0.05) is 12.1 Å². The lowest BCUT2D eigenvalue weighted by Crippen LogP contribution is -2.43. The molecule has 0 spiro atoms. The molecule has 2 aromatic carbocycles. The highest BCUT2D eigenvalue weighted by Gasteiger charge is 2.30. The Bertz CT molecular complexity index is 782. The lowest BCUT2D eigenvalue weighted by atomic mass is 10.1. The van der Waals surface area contributed by atoms with Crippen molar-refractivity contribution in [2.45, 2.75) is 18.6 Å². The summed E-state index contributed by atoms with van der Waals surface area (Å²) in [6, 6.07) is 11.2. The van der Waals surface area contributed by atoms with Crippen molar-refractivity contribution in [3.05, 3.63) is 59.4 Å². The van der Waals surface area contributed by atoms with Gasteiger partial charge in [0, 0.05) is 7.11 Å². The number of rotatable bonds is 7. The molecule has 6 nitrogen and oxygen atoms in total. The van der Waals surface area contributed by atoms with Gasteiger partial charge < -0.3 is 25.3 Å². The van der Waals surface area contributed by atoms with Crippen LogP contribution in [0, 0.1) is 5.82 Å². The average molecular weight is 374 g/mol. The van der Waals surface area contributed by atoms with Gasteiger partial charge in [0.25, 0.3) is 5.91 Å². The van der Waals surface area contributed by atoms with Crippen molar-refractivity contribution in [2.24, 2.45) is 5.73 Å². The van der Waals surface area contributed by atoms with E-state index in [0.29, 0.717) is 31.3 Å². The number of hydrogen-bond donors (Lipinski definition) is 2. The maximum atomic E-state index is 14.2. The molecule has 1 amide bonds. The monoisotopic (exact) mass is 374 g/mol. The number of nitrogens with two attached hydrogens (primary N) is 1. The van der Waals surface area contributed by atoms with Crippen LogP contribution in [0.5, 0.6) is 11.5 Å². The summed E-state index contributed by atoms with van der Waals surface area (Å²) in [5, 5.41) is 2.75. The van der Waals surface area contributed by atoms with Crippen LogP contribution in [0.25, 0.3) is 0 Å². The van der Waals surface area contributed by atoms with Gasteiger partial charge in [-0.05, 0) is 48.9 Å². The number of hydrogen-bond acceptors (Lipinski definition) is 5. The topological polar surface area (TPSA) is 82.8 Å². The summed E-state index contributed by atoms with van der Waals surface area (Å²) in [4.78, 5) is 12.5. The van der Waals surface area contributed by atoms with E-state index in [4.69, 9.17) is 19.9 Å². The van der Waals surface area contributed by atoms with Crippen LogP contribution >= 0.6 is 0 Å². The molecule has 0 radical (unpaired) electrons. The fourth-order valence-electron chi connectivity index (χ4n) is 2.92. The second-order valence-corrected chi connectivity index (χ2v) is 6.32. The molecule has 0 aromatic heterocycles. The third-order valence-corrected chi connectivity index (χ3v) is 4.42. The second kappa shape index (κ2) is 8.94. The normalized spacial score (nSPS) is 19.1. The number of halogens is 1. The number of benzene rings is 2. The molecule has 0 aliphatic carbocycles. The van der Waals surface area contributed by atoms with Crippen LogP contribution in [0.2, 0.25) is 0 Å². The first-order chi connectivity index (χ1) is 13.1. The van der Waals surface area contributed by atoms with Gasteiger partial charge in [-0.2, -0.15) is 0 Å². The highest BCUT2D eigenvalue weighted by Crippen LogP contribution is 2.24. The Morgan fingerprint density at radius 1 is 1.22 bits per heavy atom. The minimum Gasteiger partial charge on any atom is -0.457 e. The molecule has 2 aromatic rings. The van der Waals surface area contributed by atoms with Crippen LogP contribution in [0.3, 0.4) is 0 Å². The molecule has 0 bridgehead atoms. The Kier molecular flexibility index (Phi) is 6.39. The number of amides is 1. The van der Waals surface area contributed by atoms with Gasteiger partial charge in [0.2, 0.25) is 0 Å². The Morgan fingerprint density at radius 2 is 1.96 bits per heavy atom. The molecule has 0 saturated carbocycles. The standard InChI is InChI=1S/C20H23FN2O4/c1-25-19-12-26-11-18(19)23-20(24)16-10-15(6-7-17(16)21)27-14-4-2-13(3-5-14)8-9-22/h2-7,10,18-19H,8-9,11-12,22H2,1H3,(H,23,24)/t18-,19+/m0/s1. The maximum absolute atomic E-state index is 14.2. The SMILES string of the molecule is CO[C@@H]1COC[C@@H]1NC(=O)c1cc(Oc2ccc(CCN)cc2)ccc1F. The van der Waals surface area contributed by atoms with E-state index in [-0.39, 0.29) is 17.7 Å². The number of methoxy groups -OCH3 is 1. The molecule has 1 aliphatic rings. The zero-order valence-corrected chi connectivity index (χ0v) is 15.1. The predicted octanol–water partition coefficient (Wildman–Crippen LogP) is 2.26. The highest BCUT2D eigenvalue weighted by atomic mass is 19.1. The summed E-state index contributed by atoms with van der Waals surface area (Å²) in [5.41, 5.74) is 6.55.